The molecule has 1 aliphatic heterocycles. The minimum Gasteiger partial charge on any atom is -0.489 e. The van der Waals surface area contributed by atoms with E-state index in [1.165, 1.54) is 37.9 Å². The van der Waals surface area contributed by atoms with Crippen molar-refractivity contribution in [3.8, 4) is 16.9 Å². The van der Waals surface area contributed by atoms with Crippen molar-refractivity contribution in [2.75, 3.05) is 37.3 Å². The predicted molar refractivity (Wildman–Crippen MR) is 148 cm³/mol. The minimum atomic E-state index is -0.507. The van der Waals surface area contributed by atoms with Crippen molar-refractivity contribution in [1.29, 1.82) is 0 Å². The number of halogens is 4. The Morgan fingerprint density at radius 2 is 1.92 bits per heavy atom. The van der Waals surface area contributed by atoms with Crippen LogP contribution in [0.1, 0.15) is 43.7 Å². The Bertz CT molecular complexity index is 1150. The summed E-state index contributed by atoms with van der Waals surface area (Å²) in [5.74, 6) is 0.232. The van der Waals surface area contributed by atoms with Crippen LogP contribution in [0.25, 0.3) is 11.1 Å². The van der Waals surface area contributed by atoms with Crippen molar-refractivity contribution in [1.82, 2.24) is 19.7 Å². The molecule has 0 amide bonds. The number of nitrogen functional groups attached to an aromatic ring is 1. The lowest BCUT2D eigenvalue weighted by atomic mass is 10.0. The predicted octanol–water partition coefficient (Wildman–Crippen LogP) is 6.80. The van der Waals surface area contributed by atoms with E-state index in [0.717, 1.165) is 42.4 Å². The van der Waals surface area contributed by atoms with Gasteiger partial charge >= 0.3 is 0 Å². The third-order valence-corrected chi connectivity index (χ3v) is 7.93. The second-order valence-corrected chi connectivity index (χ2v) is 10.6. The molecule has 1 aromatic carbocycles. The lowest BCUT2D eigenvalue weighted by Gasteiger charge is -2.32. The maximum absolute atomic E-state index is 13.8. The van der Waals surface area contributed by atoms with Crippen molar-refractivity contribution in [3.05, 3.63) is 58.2 Å². The van der Waals surface area contributed by atoms with Gasteiger partial charge in [-0.3, -0.25) is 4.68 Å². The third-order valence-electron chi connectivity index (χ3n) is 6.60. The summed E-state index contributed by atoms with van der Waals surface area (Å²) < 4.78 is 21.7. The Hall–Kier alpha value is -1.87. The second kappa shape index (κ2) is 13.1. The Morgan fingerprint density at radius 3 is 2.69 bits per heavy atom. The zero-order chi connectivity index (χ0) is 25.5. The number of hydrogen-bond donors (Lipinski definition) is 1. The molecule has 36 heavy (non-hydrogen) atoms. The van der Waals surface area contributed by atoms with Gasteiger partial charge in [-0.05, 0) is 56.0 Å². The van der Waals surface area contributed by atoms with E-state index in [1.54, 1.807) is 6.20 Å². The number of rotatable bonds is 11. The largest absolute Gasteiger partial charge is 0.489 e. The molecule has 3 heterocycles. The molecule has 0 saturated carbocycles. The Labute approximate surface area is 230 Å². The number of nitrogens with two attached hydrogens (primary N) is 1. The fourth-order valence-corrected chi connectivity index (χ4v) is 5.45. The van der Waals surface area contributed by atoms with E-state index < -0.39 is 5.82 Å². The van der Waals surface area contributed by atoms with Crippen LogP contribution in [0.5, 0.6) is 5.75 Å². The van der Waals surface area contributed by atoms with Gasteiger partial charge in [0.2, 0.25) is 0 Å². The molecule has 0 bridgehead atoms. The van der Waals surface area contributed by atoms with E-state index in [1.807, 2.05) is 12.3 Å². The first-order chi connectivity index (χ1) is 17.5. The summed E-state index contributed by atoms with van der Waals surface area (Å²) in [5, 5.41) is 6.14. The smallest absolute Gasteiger partial charge is 0.166 e. The number of unbranched alkanes of at least 4 members (excludes halogenated alkanes) is 2. The molecule has 0 unspecified atom stereocenters. The normalized spacial score (nSPS) is 14.9. The first-order valence-electron chi connectivity index (χ1n) is 12.3. The van der Waals surface area contributed by atoms with Crippen molar-refractivity contribution in [2.24, 2.45) is 0 Å². The highest BCUT2D eigenvalue weighted by atomic mass is 79.9. The fraction of sp³-hybridized carbons (Fsp3) is 0.462. The molecule has 6 nitrogen and oxygen atoms in total. The van der Waals surface area contributed by atoms with E-state index in [2.05, 4.69) is 41.8 Å². The zero-order valence-electron chi connectivity index (χ0n) is 20.1. The molecular weight excluding hydrogens is 568 g/mol. The summed E-state index contributed by atoms with van der Waals surface area (Å²) >= 11 is 15.7. The molecule has 194 valence electrons. The molecule has 4 rings (SSSR count). The second-order valence-electron chi connectivity index (χ2n) is 9.06. The Kier molecular flexibility index (Phi) is 9.87. The number of piperidine rings is 1. The van der Waals surface area contributed by atoms with Crippen LogP contribution in [0.2, 0.25) is 10.0 Å². The summed E-state index contributed by atoms with van der Waals surface area (Å²) in [5.41, 5.74) is 8.38. The molecule has 0 atom stereocenters. The van der Waals surface area contributed by atoms with Gasteiger partial charge in [0.1, 0.15) is 5.82 Å². The molecule has 3 aromatic rings. The highest BCUT2D eigenvalue weighted by Gasteiger charge is 2.21. The topological polar surface area (TPSA) is 69.2 Å². The quantitative estimate of drug-likeness (QED) is 0.149. The van der Waals surface area contributed by atoms with Crippen molar-refractivity contribution in [2.45, 2.75) is 44.6 Å². The first-order valence-corrected chi connectivity index (χ1v) is 14.2. The van der Waals surface area contributed by atoms with Gasteiger partial charge in [0, 0.05) is 53.4 Å². The summed E-state index contributed by atoms with van der Waals surface area (Å²) in [6, 6.07) is 4.99. The van der Waals surface area contributed by atoms with Crippen molar-refractivity contribution in [3.63, 3.8) is 0 Å². The van der Waals surface area contributed by atoms with Crippen LogP contribution in [0, 0.1) is 5.82 Å². The minimum absolute atomic E-state index is 0.0128. The van der Waals surface area contributed by atoms with Crippen LogP contribution in [-0.4, -0.2) is 51.2 Å². The average Bonchev–Trinajstić information content (AvgIpc) is 3.38. The molecule has 0 aliphatic carbocycles. The fourth-order valence-electron chi connectivity index (χ4n) is 4.49. The zero-order valence-corrected chi connectivity index (χ0v) is 23.2. The van der Waals surface area contributed by atoms with Gasteiger partial charge in [0.25, 0.3) is 0 Å². The number of pyridine rings is 1. The number of anilines is 1. The maximum Gasteiger partial charge on any atom is 0.166 e. The molecule has 10 heteroatoms. The van der Waals surface area contributed by atoms with Crippen LogP contribution in [0.15, 0.2) is 36.8 Å². The summed E-state index contributed by atoms with van der Waals surface area (Å²) in [6.45, 7) is 3.62. The van der Waals surface area contributed by atoms with Gasteiger partial charge in [-0.25, -0.2) is 9.37 Å². The number of benzene rings is 1. The number of aromatic nitrogens is 3. The molecular formula is C26H31BrCl2FN5O. The van der Waals surface area contributed by atoms with Gasteiger partial charge in [0.15, 0.2) is 11.6 Å². The van der Waals surface area contributed by atoms with Crippen molar-refractivity contribution >= 4 is 44.9 Å². The molecule has 1 fully saturated rings. The van der Waals surface area contributed by atoms with Crippen LogP contribution in [0.4, 0.5) is 10.2 Å². The van der Waals surface area contributed by atoms with E-state index in [4.69, 9.17) is 33.7 Å². The standard InChI is InChI=1S/C26H31BrCl2FN5O/c27-9-2-1-3-10-34-11-6-20(7-12-34)35-17-19(16-33-35)18-14-24(26(31)32-15-18)36-13-8-21-22(28)4-5-23(30)25(21)29/h4-5,14-17,20H,1-3,6-13H2,(H2,31,32). The van der Waals surface area contributed by atoms with E-state index in [-0.39, 0.29) is 17.4 Å². The van der Waals surface area contributed by atoms with Crippen LogP contribution < -0.4 is 10.5 Å². The molecule has 0 spiro atoms. The number of hydrogen-bond acceptors (Lipinski definition) is 5. The number of alkyl halides is 1. The van der Waals surface area contributed by atoms with Gasteiger partial charge in [-0.2, -0.15) is 5.10 Å². The summed E-state index contributed by atoms with van der Waals surface area (Å²) in [6.07, 6.45) is 12.0. The van der Waals surface area contributed by atoms with E-state index in [9.17, 15) is 4.39 Å². The van der Waals surface area contributed by atoms with E-state index >= 15 is 0 Å². The molecule has 2 aromatic heterocycles. The number of likely N-dealkylation sites (tertiary alicyclic amines) is 1. The highest BCUT2D eigenvalue weighted by molar-refractivity contribution is 9.09. The molecule has 0 radical (unpaired) electrons. The average molecular weight is 599 g/mol. The SMILES string of the molecule is Nc1ncc(-c2cnn(C3CCN(CCCCCBr)CC3)c2)cc1OCCc1c(Cl)ccc(F)c1Cl. The maximum atomic E-state index is 13.8. The van der Waals surface area contributed by atoms with Crippen LogP contribution in [0.3, 0.4) is 0 Å². The number of ether oxygens (including phenoxy) is 1. The highest BCUT2D eigenvalue weighted by Crippen LogP contribution is 2.31. The summed E-state index contributed by atoms with van der Waals surface area (Å²) in [4.78, 5) is 6.86. The number of nitrogens with zero attached hydrogens (tertiary/aromatic N) is 4. The van der Waals surface area contributed by atoms with Crippen molar-refractivity contribution < 1.29 is 9.13 Å². The molecule has 2 N–H and O–H groups in total. The molecule has 1 saturated heterocycles. The monoisotopic (exact) mass is 597 g/mol. The lowest BCUT2D eigenvalue weighted by molar-refractivity contribution is 0.177. The lowest BCUT2D eigenvalue weighted by Crippen LogP contribution is -2.35. The van der Waals surface area contributed by atoms with Crippen LogP contribution in [-0.2, 0) is 6.42 Å². The van der Waals surface area contributed by atoms with Gasteiger partial charge in [-0.15, -0.1) is 0 Å². The van der Waals surface area contributed by atoms with E-state index in [0.29, 0.717) is 28.8 Å². The Balaban J connectivity index is 1.34. The summed E-state index contributed by atoms with van der Waals surface area (Å²) in [7, 11) is 0. The van der Waals surface area contributed by atoms with Gasteiger partial charge in [-0.1, -0.05) is 45.6 Å². The van der Waals surface area contributed by atoms with Gasteiger partial charge in [0.05, 0.1) is 23.9 Å². The van der Waals surface area contributed by atoms with Crippen LogP contribution >= 0.6 is 39.1 Å². The first kappa shape index (κ1) is 27.2. The van der Waals surface area contributed by atoms with Gasteiger partial charge < -0.3 is 15.4 Å². The third kappa shape index (κ3) is 6.91. The molecule has 1 aliphatic rings. The Morgan fingerprint density at radius 1 is 1.11 bits per heavy atom.